The van der Waals surface area contributed by atoms with Gasteiger partial charge in [-0.2, -0.15) is 0 Å². The number of methoxy groups -OCH3 is 3. The molecule has 0 aromatic carbocycles. The fourth-order valence-electron chi connectivity index (χ4n) is 6.79. The van der Waals surface area contributed by atoms with E-state index in [1.54, 1.807) is 0 Å². The molecule has 0 unspecified atom stereocenters. The zero-order valence-corrected chi connectivity index (χ0v) is 18.3. The summed E-state index contributed by atoms with van der Waals surface area (Å²) in [4.78, 5) is 12.8. The molecule has 2 fully saturated rings. The highest BCUT2D eigenvalue weighted by Gasteiger charge is 2.61. The van der Waals surface area contributed by atoms with Crippen molar-refractivity contribution in [3.63, 3.8) is 0 Å². The maximum Gasteiger partial charge on any atom is 0.311 e. The molecular weight excluding hydrogens is 340 g/mol. The Labute approximate surface area is 165 Å². The van der Waals surface area contributed by atoms with Crippen LogP contribution in [0.25, 0.3) is 0 Å². The van der Waals surface area contributed by atoms with Gasteiger partial charge in [-0.05, 0) is 67.8 Å². The highest BCUT2D eigenvalue weighted by Crippen LogP contribution is 2.64. The Balaban J connectivity index is 2.07. The topological polar surface area (TPSA) is 44.8 Å². The molecule has 4 heteroatoms. The minimum Gasteiger partial charge on any atom is -0.469 e. The van der Waals surface area contributed by atoms with Gasteiger partial charge in [-0.15, -0.1) is 0 Å². The molecule has 0 bridgehead atoms. The van der Waals surface area contributed by atoms with E-state index in [2.05, 4.69) is 33.8 Å². The first-order valence-electron chi connectivity index (χ1n) is 10.6. The summed E-state index contributed by atoms with van der Waals surface area (Å²) in [5.74, 6) is 1.11. The maximum absolute atomic E-state index is 12.8. The van der Waals surface area contributed by atoms with Gasteiger partial charge in [0.05, 0.1) is 24.2 Å². The smallest absolute Gasteiger partial charge is 0.311 e. The van der Waals surface area contributed by atoms with Crippen molar-refractivity contribution in [2.75, 3.05) is 21.3 Å². The Morgan fingerprint density at radius 1 is 1.15 bits per heavy atom. The summed E-state index contributed by atoms with van der Waals surface area (Å²) in [6, 6.07) is 0. The second kappa shape index (κ2) is 7.18. The highest BCUT2D eigenvalue weighted by molar-refractivity contribution is 5.77. The predicted octanol–water partition coefficient (Wildman–Crippen LogP) is 4.77. The molecular formula is C23H38O4. The van der Waals surface area contributed by atoms with E-state index in [0.29, 0.717) is 11.8 Å². The number of carbonyl (C=O) groups excluding carboxylic acids is 1. The average Bonchev–Trinajstić information content (AvgIpc) is 2.66. The molecule has 0 spiro atoms. The maximum atomic E-state index is 12.8. The second-order valence-electron chi connectivity index (χ2n) is 9.83. The summed E-state index contributed by atoms with van der Waals surface area (Å²) >= 11 is 0. The summed E-state index contributed by atoms with van der Waals surface area (Å²) in [5, 5.41) is 0. The Bertz CT molecular complexity index is 611. The largest absolute Gasteiger partial charge is 0.469 e. The average molecular weight is 379 g/mol. The van der Waals surface area contributed by atoms with Gasteiger partial charge in [-0.25, -0.2) is 0 Å². The summed E-state index contributed by atoms with van der Waals surface area (Å²) in [6.45, 7) is 9.02. The first-order chi connectivity index (χ1) is 12.7. The van der Waals surface area contributed by atoms with Crippen LogP contribution in [0.15, 0.2) is 11.6 Å². The van der Waals surface area contributed by atoms with E-state index in [-0.39, 0.29) is 29.0 Å². The van der Waals surface area contributed by atoms with Gasteiger partial charge in [0.2, 0.25) is 0 Å². The van der Waals surface area contributed by atoms with Gasteiger partial charge in [0.15, 0.2) is 0 Å². The Kier molecular flexibility index (Phi) is 5.55. The van der Waals surface area contributed by atoms with Crippen LogP contribution in [0, 0.1) is 28.6 Å². The lowest BCUT2D eigenvalue weighted by atomic mass is 9.45. The Hall–Kier alpha value is -0.870. The van der Waals surface area contributed by atoms with Gasteiger partial charge in [0.25, 0.3) is 0 Å². The third-order valence-electron chi connectivity index (χ3n) is 8.52. The molecule has 0 aliphatic heterocycles. The molecule has 0 amide bonds. The summed E-state index contributed by atoms with van der Waals surface area (Å²) < 4.78 is 17.3. The zero-order valence-electron chi connectivity index (χ0n) is 18.3. The summed E-state index contributed by atoms with van der Waals surface area (Å²) in [7, 11) is 5.17. The number of carbonyl (C=O) groups is 1. The molecule has 3 aliphatic rings. The molecule has 0 radical (unpaired) electrons. The van der Waals surface area contributed by atoms with Gasteiger partial charge in [0.1, 0.15) is 0 Å². The molecule has 0 N–H and O–H groups in total. The van der Waals surface area contributed by atoms with E-state index < -0.39 is 5.41 Å². The van der Waals surface area contributed by atoms with Crippen molar-refractivity contribution in [2.24, 2.45) is 28.6 Å². The molecule has 3 rings (SSSR count). The van der Waals surface area contributed by atoms with E-state index in [1.165, 1.54) is 19.1 Å². The fourth-order valence-corrected chi connectivity index (χ4v) is 6.79. The molecule has 27 heavy (non-hydrogen) atoms. The van der Waals surface area contributed by atoms with Gasteiger partial charge in [-0.3, -0.25) is 4.79 Å². The molecule has 6 atom stereocenters. The highest BCUT2D eigenvalue weighted by atomic mass is 16.5. The summed E-state index contributed by atoms with van der Waals surface area (Å²) in [6.07, 6.45) is 8.64. The van der Waals surface area contributed by atoms with Crippen LogP contribution >= 0.6 is 0 Å². The first kappa shape index (κ1) is 20.9. The summed E-state index contributed by atoms with van der Waals surface area (Å²) in [5.41, 5.74) is 0.898. The lowest BCUT2D eigenvalue weighted by Crippen LogP contribution is -2.58. The van der Waals surface area contributed by atoms with Crippen molar-refractivity contribution in [3.05, 3.63) is 11.6 Å². The third kappa shape index (κ3) is 2.98. The molecule has 4 nitrogen and oxygen atoms in total. The Morgan fingerprint density at radius 3 is 2.41 bits per heavy atom. The van der Waals surface area contributed by atoms with E-state index in [1.807, 2.05) is 14.2 Å². The van der Waals surface area contributed by atoms with Gasteiger partial charge < -0.3 is 14.2 Å². The van der Waals surface area contributed by atoms with Crippen molar-refractivity contribution in [1.29, 1.82) is 0 Å². The minimum atomic E-state index is -0.419. The van der Waals surface area contributed by atoms with Crippen molar-refractivity contribution in [3.8, 4) is 0 Å². The fraction of sp³-hybridized carbons (Fsp3) is 0.870. The normalized spacial score (nSPS) is 44.3. The molecule has 0 saturated heterocycles. The van der Waals surface area contributed by atoms with E-state index in [0.717, 1.165) is 32.1 Å². The zero-order chi connectivity index (χ0) is 20.0. The van der Waals surface area contributed by atoms with Crippen LogP contribution in [0.3, 0.4) is 0 Å². The van der Waals surface area contributed by atoms with Gasteiger partial charge in [0, 0.05) is 14.2 Å². The van der Waals surface area contributed by atoms with E-state index >= 15 is 0 Å². The van der Waals surface area contributed by atoms with Crippen LogP contribution in [0.2, 0.25) is 0 Å². The Morgan fingerprint density at radius 2 is 1.85 bits per heavy atom. The van der Waals surface area contributed by atoms with Crippen molar-refractivity contribution in [1.82, 2.24) is 0 Å². The van der Waals surface area contributed by atoms with Crippen LogP contribution in [0.4, 0.5) is 0 Å². The van der Waals surface area contributed by atoms with Gasteiger partial charge in [-0.1, -0.05) is 33.3 Å². The van der Waals surface area contributed by atoms with Crippen molar-refractivity contribution >= 4 is 5.97 Å². The second-order valence-corrected chi connectivity index (χ2v) is 9.83. The molecule has 154 valence electrons. The number of rotatable bonds is 4. The minimum absolute atomic E-state index is 0.0510. The molecule has 2 saturated carbocycles. The van der Waals surface area contributed by atoms with Crippen LogP contribution < -0.4 is 0 Å². The SMILES string of the molecule is COC(=O)[C@]1(C)CCC[C@@]2(C)[C@H]1C[C@@H](OC)C1=C[C@@](OC)(C(C)C)CC[C@@H]12. The quantitative estimate of drug-likeness (QED) is 0.522. The molecule has 0 heterocycles. The number of fused-ring (bicyclic) bond motifs is 3. The van der Waals surface area contributed by atoms with Crippen LogP contribution in [0.5, 0.6) is 0 Å². The van der Waals surface area contributed by atoms with Crippen LogP contribution in [0.1, 0.15) is 66.2 Å². The van der Waals surface area contributed by atoms with E-state index in [4.69, 9.17) is 14.2 Å². The lowest BCUT2D eigenvalue weighted by Gasteiger charge is -2.61. The third-order valence-corrected chi connectivity index (χ3v) is 8.52. The number of ether oxygens (including phenoxy) is 3. The first-order valence-corrected chi connectivity index (χ1v) is 10.6. The molecule has 0 aromatic heterocycles. The lowest BCUT2D eigenvalue weighted by molar-refractivity contribution is -0.173. The number of hydrogen-bond acceptors (Lipinski definition) is 4. The predicted molar refractivity (Wildman–Crippen MR) is 106 cm³/mol. The van der Waals surface area contributed by atoms with Crippen molar-refractivity contribution < 1.29 is 19.0 Å². The number of esters is 1. The van der Waals surface area contributed by atoms with Crippen LogP contribution in [-0.2, 0) is 19.0 Å². The molecule has 0 aromatic rings. The van der Waals surface area contributed by atoms with E-state index in [9.17, 15) is 4.79 Å². The van der Waals surface area contributed by atoms with Gasteiger partial charge >= 0.3 is 5.97 Å². The standard InChI is InChI=1S/C23H38O4/c1-15(2)23(27-7)12-9-17-16(14-23)18(25-5)13-19-21(17,3)10-8-11-22(19,4)20(24)26-6/h14-15,17-19H,8-13H2,1-7H3/t17-,18+,19+,21+,22+,23+/m0/s1. The molecule has 3 aliphatic carbocycles. The van der Waals surface area contributed by atoms with Crippen molar-refractivity contribution in [2.45, 2.75) is 77.9 Å². The van der Waals surface area contributed by atoms with Crippen LogP contribution in [-0.4, -0.2) is 39.0 Å². The monoisotopic (exact) mass is 378 g/mol. The number of hydrogen-bond donors (Lipinski definition) is 0.